The molecule has 3 rings (SSSR count). The maximum absolute atomic E-state index is 6.06. The number of ether oxygens (including phenoxy) is 1. The lowest BCUT2D eigenvalue weighted by atomic mass is 9.92. The molecule has 2 aromatic heterocycles. The molecule has 6 heteroatoms. The molecule has 2 aromatic rings. The Labute approximate surface area is 130 Å². The molecular formula is C16H24N4O2. The summed E-state index contributed by atoms with van der Waals surface area (Å²) >= 11 is 0. The van der Waals surface area contributed by atoms with E-state index < -0.39 is 0 Å². The van der Waals surface area contributed by atoms with Crippen LogP contribution in [0, 0.1) is 12.8 Å². The van der Waals surface area contributed by atoms with Gasteiger partial charge in [-0.1, -0.05) is 5.16 Å². The number of aryl methyl sites for hydroxylation is 2. The quantitative estimate of drug-likeness (QED) is 0.888. The Kier molecular flexibility index (Phi) is 4.90. The molecule has 0 spiro atoms. The van der Waals surface area contributed by atoms with E-state index in [-0.39, 0.29) is 6.10 Å². The first-order valence-corrected chi connectivity index (χ1v) is 8.03. The Morgan fingerprint density at radius 2 is 2.36 bits per heavy atom. The second kappa shape index (κ2) is 7.07. The largest absolute Gasteiger partial charge is 0.372 e. The average Bonchev–Trinajstić information content (AvgIpc) is 3.17. The van der Waals surface area contributed by atoms with Crippen LogP contribution in [-0.4, -0.2) is 28.1 Å². The molecular weight excluding hydrogens is 280 g/mol. The summed E-state index contributed by atoms with van der Waals surface area (Å²) in [5.74, 6) is 0.468. The minimum absolute atomic E-state index is 0.132. The molecule has 1 aliphatic heterocycles. The van der Waals surface area contributed by atoms with Crippen molar-refractivity contribution in [3.63, 3.8) is 0 Å². The minimum Gasteiger partial charge on any atom is -0.372 e. The highest BCUT2D eigenvalue weighted by Crippen LogP contribution is 2.33. The summed E-state index contributed by atoms with van der Waals surface area (Å²) < 4.78 is 13.1. The van der Waals surface area contributed by atoms with Crippen molar-refractivity contribution in [3.05, 3.63) is 35.5 Å². The van der Waals surface area contributed by atoms with Crippen LogP contribution in [-0.2, 0) is 17.8 Å². The van der Waals surface area contributed by atoms with E-state index in [2.05, 4.69) is 28.6 Å². The molecule has 1 N–H and O–H groups in total. The van der Waals surface area contributed by atoms with Crippen LogP contribution < -0.4 is 5.32 Å². The van der Waals surface area contributed by atoms with Crippen LogP contribution in [0.15, 0.2) is 23.0 Å². The zero-order valence-corrected chi connectivity index (χ0v) is 13.3. The fourth-order valence-electron chi connectivity index (χ4n) is 3.10. The summed E-state index contributed by atoms with van der Waals surface area (Å²) in [6.45, 7) is 7.49. The van der Waals surface area contributed by atoms with Gasteiger partial charge in [-0.2, -0.15) is 5.10 Å². The SMILES string of the molecule is CCn1nccc1[C@@H]1OCCC[C@H]1CNCc1conc1C. The Morgan fingerprint density at radius 3 is 3.14 bits per heavy atom. The summed E-state index contributed by atoms with van der Waals surface area (Å²) in [6, 6.07) is 2.08. The van der Waals surface area contributed by atoms with Gasteiger partial charge in [-0.15, -0.1) is 0 Å². The lowest BCUT2D eigenvalue weighted by Crippen LogP contribution is -2.33. The maximum Gasteiger partial charge on any atom is 0.128 e. The average molecular weight is 304 g/mol. The molecule has 0 amide bonds. The number of rotatable bonds is 6. The van der Waals surface area contributed by atoms with E-state index in [1.165, 1.54) is 12.1 Å². The first-order valence-electron chi connectivity index (χ1n) is 8.03. The van der Waals surface area contributed by atoms with E-state index in [9.17, 15) is 0 Å². The summed E-state index contributed by atoms with van der Waals surface area (Å²) in [5, 5.41) is 11.8. The second-order valence-electron chi connectivity index (χ2n) is 5.82. The number of nitrogens with zero attached hydrogens (tertiary/aromatic N) is 3. The van der Waals surface area contributed by atoms with Crippen molar-refractivity contribution in [2.45, 2.75) is 45.9 Å². The van der Waals surface area contributed by atoms with E-state index >= 15 is 0 Å². The van der Waals surface area contributed by atoms with Crippen molar-refractivity contribution >= 4 is 0 Å². The van der Waals surface area contributed by atoms with Gasteiger partial charge < -0.3 is 14.6 Å². The third-order valence-electron chi connectivity index (χ3n) is 4.36. The Hall–Kier alpha value is -1.66. The molecule has 1 fully saturated rings. The molecule has 0 unspecified atom stereocenters. The van der Waals surface area contributed by atoms with Crippen LogP contribution in [0.1, 0.15) is 42.8 Å². The van der Waals surface area contributed by atoms with Gasteiger partial charge in [0.25, 0.3) is 0 Å². The Morgan fingerprint density at radius 1 is 1.45 bits per heavy atom. The summed E-state index contributed by atoms with van der Waals surface area (Å²) in [4.78, 5) is 0. The smallest absolute Gasteiger partial charge is 0.128 e. The molecule has 3 heterocycles. The first kappa shape index (κ1) is 15.2. The molecule has 0 aromatic carbocycles. The van der Waals surface area contributed by atoms with Gasteiger partial charge in [0.1, 0.15) is 12.4 Å². The van der Waals surface area contributed by atoms with Crippen LogP contribution in [0.3, 0.4) is 0 Å². The van der Waals surface area contributed by atoms with Gasteiger partial charge in [0.05, 0.1) is 11.4 Å². The molecule has 1 saturated heterocycles. The van der Waals surface area contributed by atoms with Gasteiger partial charge in [0.15, 0.2) is 0 Å². The zero-order chi connectivity index (χ0) is 15.4. The van der Waals surface area contributed by atoms with E-state index in [4.69, 9.17) is 9.26 Å². The van der Waals surface area contributed by atoms with E-state index in [1.807, 2.05) is 17.8 Å². The lowest BCUT2D eigenvalue weighted by Gasteiger charge is -2.32. The monoisotopic (exact) mass is 304 g/mol. The molecule has 22 heavy (non-hydrogen) atoms. The predicted molar refractivity (Wildman–Crippen MR) is 82.3 cm³/mol. The van der Waals surface area contributed by atoms with Crippen LogP contribution in [0.25, 0.3) is 0 Å². The van der Waals surface area contributed by atoms with Gasteiger partial charge in [-0.3, -0.25) is 4.68 Å². The highest BCUT2D eigenvalue weighted by atomic mass is 16.5. The molecule has 0 saturated carbocycles. The summed E-state index contributed by atoms with van der Waals surface area (Å²) in [5.41, 5.74) is 3.26. The third kappa shape index (κ3) is 3.23. The number of hydrogen-bond donors (Lipinski definition) is 1. The highest BCUT2D eigenvalue weighted by Gasteiger charge is 2.29. The number of nitrogens with one attached hydrogen (secondary N) is 1. The fourth-order valence-corrected chi connectivity index (χ4v) is 3.10. The van der Waals surface area contributed by atoms with Crippen LogP contribution in [0.4, 0.5) is 0 Å². The van der Waals surface area contributed by atoms with Crippen LogP contribution in [0.2, 0.25) is 0 Å². The lowest BCUT2D eigenvalue weighted by molar-refractivity contribution is -0.0327. The van der Waals surface area contributed by atoms with Crippen molar-refractivity contribution < 1.29 is 9.26 Å². The molecule has 0 bridgehead atoms. The highest BCUT2D eigenvalue weighted by molar-refractivity contribution is 5.12. The van der Waals surface area contributed by atoms with Gasteiger partial charge in [0, 0.05) is 43.9 Å². The van der Waals surface area contributed by atoms with Gasteiger partial charge in [0.2, 0.25) is 0 Å². The van der Waals surface area contributed by atoms with Gasteiger partial charge in [-0.05, 0) is 32.8 Å². The summed E-state index contributed by atoms with van der Waals surface area (Å²) in [7, 11) is 0. The molecule has 2 atom stereocenters. The second-order valence-corrected chi connectivity index (χ2v) is 5.82. The molecule has 6 nitrogen and oxygen atoms in total. The van der Waals surface area contributed by atoms with E-state index in [0.29, 0.717) is 5.92 Å². The normalized spacial score (nSPS) is 22.1. The molecule has 1 aliphatic rings. The van der Waals surface area contributed by atoms with Crippen molar-refractivity contribution in [3.8, 4) is 0 Å². The molecule has 120 valence electrons. The maximum atomic E-state index is 6.06. The Bertz CT molecular complexity index is 592. The summed E-state index contributed by atoms with van der Waals surface area (Å²) in [6.07, 6.45) is 6.00. The first-order chi connectivity index (χ1) is 10.8. The van der Waals surface area contributed by atoms with Crippen LogP contribution in [0.5, 0.6) is 0 Å². The minimum atomic E-state index is 0.132. The fraction of sp³-hybridized carbons (Fsp3) is 0.625. The predicted octanol–water partition coefficient (Wildman–Crippen LogP) is 2.46. The van der Waals surface area contributed by atoms with Crippen molar-refractivity contribution in [1.82, 2.24) is 20.3 Å². The zero-order valence-electron chi connectivity index (χ0n) is 13.3. The van der Waals surface area contributed by atoms with Gasteiger partial charge >= 0.3 is 0 Å². The van der Waals surface area contributed by atoms with Crippen molar-refractivity contribution in [2.24, 2.45) is 5.92 Å². The van der Waals surface area contributed by atoms with Gasteiger partial charge in [-0.25, -0.2) is 0 Å². The topological polar surface area (TPSA) is 65.1 Å². The standard InChI is InChI=1S/C16H24N4O2/c1-3-20-15(6-7-18-20)16-13(5-4-8-21-16)9-17-10-14-11-22-19-12(14)2/h6-7,11,13,16-17H,3-5,8-10H2,1-2H3/t13-,16+/m0/s1. The van der Waals surface area contributed by atoms with Crippen molar-refractivity contribution in [2.75, 3.05) is 13.2 Å². The molecule has 0 radical (unpaired) electrons. The third-order valence-corrected chi connectivity index (χ3v) is 4.36. The van der Waals surface area contributed by atoms with Crippen molar-refractivity contribution in [1.29, 1.82) is 0 Å². The Balaban J connectivity index is 1.62. The van der Waals surface area contributed by atoms with E-state index in [1.54, 1.807) is 6.26 Å². The molecule has 0 aliphatic carbocycles. The number of aromatic nitrogens is 3. The number of hydrogen-bond acceptors (Lipinski definition) is 5. The van der Waals surface area contributed by atoms with E-state index in [0.717, 1.165) is 43.9 Å². The van der Waals surface area contributed by atoms with Crippen LogP contribution >= 0.6 is 0 Å².